The largest absolute Gasteiger partial charge is 0.476 e. The van der Waals surface area contributed by atoms with Crippen molar-refractivity contribution in [3.05, 3.63) is 81.5 Å². The second-order valence-corrected chi connectivity index (χ2v) is 8.74. The number of carbonyl (C=O) groups excluding carboxylic acids is 1. The fraction of sp³-hybridized carbons (Fsp3) is 0.0870. The molecule has 35 heavy (non-hydrogen) atoms. The molecule has 1 amide bonds. The lowest BCUT2D eigenvalue weighted by Crippen LogP contribution is -2.37. The van der Waals surface area contributed by atoms with Gasteiger partial charge in [0.25, 0.3) is 5.91 Å². The number of carbonyl (C=O) groups is 2. The molecule has 1 aliphatic rings. The molecule has 176 valence electrons. The molecule has 0 saturated carbocycles. The number of carboxylic acid groups (broad SMARTS) is 1. The third kappa shape index (κ3) is 4.59. The molecule has 0 aliphatic carbocycles. The number of carboxylic acids is 1. The summed E-state index contributed by atoms with van der Waals surface area (Å²) in [6.07, 6.45) is 0. The van der Waals surface area contributed by atoms with Crippen LogP contribution in [0.5, 0.6) is 0 Å². The Morgan fingerprint density at radius 1 is 1.14 bits per heavy atom. The highest BCUT2D eigenvalue weighted by Gasteiger charge is 2.31. The average molecular weight is 509 g/mol. The Hall–Kier alpha value is -4.22. The van der Waals surface area contributed by atoms with Gasteiger partial charge in [0, 0.05) is 21.7 Å². The van der Waals surface area contributed by atoms with Crippen LogP contribution in [0.2, 0.25) is 5.02 Å². The van der Waals surface area contributed by atoms with Gasteiger partial charge in [-0.25, -0.2) is 14.8 Å². The van der Waals surface area contributed by atoms with Crippen molar-refractivity contribution >= 4 is 63.0 Å². The van der Waals surface area contributed by atoms with Gasteiger partial charge < -0.3 is 14.8 Å². The standard InChI is InChI=1S/C23H17ClN6O4S/c1-11-17(19(31)29-23-27-15(10-35-23)20(32)33)18(12-6-2-3-7-13(12)24)28-21(25-11)30-22-26-14-8-4-5-9-16(14)34-22/h2-10,18H,1H3,(H,32,33)(H,27,29,31)(H2,25,26,28,30). The van der Waals surface area contributed by atoms with Gasteiger partial charge in [-0.2, -0.15) is 4.98 Å². The predicted octanol–water partition coefficient (Wildman–Crippen LogP) is 4.66. The number of thiazole rings is 1. The zero-order valence-corrected chi connectivity index (χ0v) is 19.6. The molecule has 4 aromatic rings. The molecular formula is C23H17ClN6O4S. The Balaban J connectivity index is 1.48. The summed E-state index contributed by atoms with van der Waals surface area (Å²) in [7, 11) is 0. The van der Waals surface area contributed by atoms with Gasteiger partial charge in [-0.05, 0) is 25.1 Å². The number of aliphatic imine (C=N–C) groups is 1. The summed E-state index contributed by atoms with van der Waals surface area (Å²) in [5.74, 6) is -1.35. The average Bonchev–Trinajstić information content (AvgIpc) is 3.45. The molecule has 10 nitrogen and oxygen atoms in total. The van der Waals surface area contributed by atoms with Crippen LogP contribution in [0.25, 0.3) is 11.1 Å². The highest BCUT2D eigenvalue weighted by Crippen LogP contribution is 2.35. The molecule has 2 aromatic heterocycles. The van der Waals surface area contributed by atoms with Gasteiger partial charge in [0.15, 0.2) is 16.4 Å². The summed E-state index contributed by atoms with van der Waals surface area (Å²) in [5, 5.41) is 19.8. The van der Waals surface area contributed by atoms with Gasteiger partial charge in [-0.3, -0.25) is 15.4 Å². The number of nitrogens with zero attached hydrogens (tertiary/aromatic N) is 3. The smallest absolute Gasteiger partial charge is 0.355 e. The van der Waals surface area contributed by atoms with Crippen LogP contribution >= 0.6 is 22.9 Å². The van der Waals surface area contributed by atoms with Gasteiger partial charge in [0.1, 0.15) is 11.6 Å². The molecule has 2 aromatic carbocycles. The summed E-state index contributed by atoms with van der Waals surface area (Å²) >= 11 is 7.48. The zero-order valence-electron chi connectivity index (χ0n) is 18.1. The zero-order chi connectivity index (χ0) is 24.5. The van der Waals surface area contributed by atoms with E-state index in [4.69, 9.17) is 21.1 Å². The number of amides is 1. The molecule has 0 fully saturated rings. The summed E-state index contributed by atoms with van der Waals surface area (Å²) in [6, 6.07) is 13.9. The normalized spacial score (nSPS) is 15.5. The van der Waals surface area contributed by atoms with Crippen LogP contribution in [0.4, 0.5) is 11.1 Å². The number of benzene rings is 2. The SMILES string of the molecule is CC1=C(C(=O)Nc2nc(C(=O)O)cs2)C(c2ccccc2Cl)N=C(Nc2nc3ccccc3o2)N1. The second kappa shape index (κ2) is 9.20. The van der Waals surface area contributed by atoms with Crippen LogP contribution in [0.15, 0.2) is 74.6 Å². The number of oxazole rings is 1. The number of allylic oxidation sites excluding steroid dienone is 1. The fourth-order valence-corrected chi connectivity index (χ4v) is 4.50. The number of para-hydroxylation sites is 2. The van der Waals surface area contributed by atoms with Crippen LogP contribution in [-0.2, 0) is 4.79 Å². The molecular weight excluding hydrogens is 492 g/mol. The predicted molar refractivity (Wildman–Crippen MR) is 133 cm³/mol. The van der Waals surface area contributed by atoms with Crippen LogP contribution in [0.1, 0.15) is 29.0 Å². The topological polar surface area (TPSA) is 142 Å². The number of rotatable bonds is 5. The summed E-state index contributed by atoms with van der Waals surface area (Å²) in [5.41, 5.74) is 2.58. The number of halogens is 1. The maximum atomic E-state index is 13.3. The number of hydrogen-bond donors (Lipinski definition) is 4. The highest BCUT2D eigenvalue weighted by molar-refractivity contribution is 7.14. The summed E-state index contributed by atoms with van der Waals surface area (Å²) in [4.78, 5) is 37.4. The Morgan fingerprint density at radius 2 is 1.91 bits per heavy atom. The molecule has 1 aliphatic heterocycles. The molecule has 12 heteroatoms. The van der Waals surface area contributed by atoms with E-state index in [0.717, 1.165) is 11.3 Å². The maximum Gasteiger partial charge on any atom is 0.355 e. The molecule has 1 atom stereocenters. The van der Waals surface area contributed by atoms with E-state index in [-0.39, 0.29) is 16.8 Å². The Labute approximate surface area is 207 Å². The summed E-state index contributed by atoms with van der Waals surface area (Å²) < 4.78 is 5.73. The van der Waals surface area contributed by atoms with Gasteiger partial charge in [-0.1, -0.05) is 41.9 Å². The van der Waals surface area contributed by atoms with E-state index >= 15 is 0 Å². The lowest BCUT2D eigenvalue weighted by molar-refractivity contribution is -0.113. The molecule has 1 unspecified atom stereocenters. The minimum atomic E-state index is -1.18. The van der Waals surface area contributed by atoms with Crippen molar-refractivity contribution in [1.82, 2.24) is 15.3 Å². The highest BCUT2D eigenvalue weighted by atomic mass is 35.5. The first kappa shape index (κ1) is 22.6. The van der Waals surface area contributed by atoms with Crippen molar-refractivity contribution in [3.8, 4) is 0 Å². The van der Waals surface area contributed by atoms with Crippen LogP contribution in [0.3, 0.4) is 0 Å². The lowest BCUT2D eigenvalue weighted by Gasteiger charge is -2.26. The van der Waals surface area contributed by atoms with Crippen LogP contribution in [0, 0.1) is 0 Å². The maximum absolute atomic E-state index is 13.3. The number of anilines is 2. The van der Waals surface area contributed by atoms with Crippen LogP contribution < -0.4 is 16.0 Å². The van der Waals surface area contributed by atoms with Crippen molar-refractivity contribution in [3.63, 3.8) is 0 Å². The van der Waals surface area contributed by atoms with Crippen molar-refractivity contribution in [1.29, 1.82) is 0 Å². The number of nitrogens with one attached hydrogen (secondary N) is 3. The third-order valence-electron chi connectivity index (χ3n) is 5.15. The molecule has 4 N–H and O–H groups in total. The molecule has 0 bridgehead atoms. The quantitative estimate of drug-likeness (QED) is 0.305. The lowest BCUT2D eigenvalue weighted by atomic mass is 9.95. The van der Waals surface area contributed by atoms with E-state index in [0.29, 0.717) is 38.9 Å². The number of aromatic carboxylic acids is 1. The van der Waals surface area contributed by atoms with Crippen LogP contribution in [-0.4, -0.2) is 32.9 Å². The molecule has 0 saturated heterocycles. The van der Waals surface area contributed by atoms with Crippen molar-refractivity contribution in [2.45, 2.75) is 13.0 Å². The van der Waals surface area contributed by atoms with E-state index in [1.807, 2.05) is 18.2 Å². The Kier molecular flexibility index (Phi) is 5.93. The number of fused-ring (bicyclic) bond motifs is 1. The van der Waals surface area contributed by atoms with Crippen molar-refractivity contribution < 1.29 is 19.1 Å². The van der Waals surface area contributed by atoms with E-state index in [2.05, 4.69) is 30.9 Å². The van der Waals surface area contributed by atoms with E-state index < -0.39 is 17.9 Å². The number of guanidine groups is 1. The minimum absolute atomic E-state index is 0.150. The fourth-order valence-electron chi connectivity index (χ4n) is 3.58. The monoisotopic (exact) mass is 508 g/mol. The Morgan fingerprint density at radius 3 is 2.66 bits per heavy atom. The van der Waals surface area contributed by atoms with Gasteiger partial charge in [0.05, 0.1) is 5.57 Å². The number of hydrogen-bond acceptors (Lipinski definition) is 9. The van der Waals surface area contributed by atoms with Crippen molar-refractivity contribution in [2.24, 2.45) is 4.99 Å². The summed E-state index contributed by atoms with van der Waals surface area (Å²) in [6.45, 7) is 1.73. The minimum Gasteiger partial charge on any atom is -0.476 e. The first-order chi connectivity index (χ1) is 16.9. The molecule has 0 radical (unpaired) electrons. The third-order valence-corrected chi connectivity index (χ3v) is 6.25. The first-order valence-corrected chi connectivity index (χ1v) is 11.6. The molecule has 5 rings (SSSR count). The van der Waals surface area contributed by atoms with Gasteiger partial charge >= 0.3 is 12.0 Å². The van der Waals surface area contributed by atoms with Gasteiger partial charge in [0.2, 0.25) is 5.96 Å². The number of aromatic nitrogens is 2. The van der Waals surface area contributed by atoms with Gasteiger partial charge in [-0.15, -0.1) is 11.3 Å². The van der Waals surface area contributed by atoms with E-state index in [1.54, 1.807) is 37.3 Å². The van der Waals surface area contributed by atoms with E-state index in [9.17, 15) is 9.59 Å². The molecule has 0 spiro atoms. The molecule has 3 heterocycles. The van der Waals surface area contributed by atoms with Crippen molar-refractivity contribution in [2.75, 3.05) is 10.6 Å². The second-order valence-electron chi connectivity index (χ2n) is 7.47. The first-order valence-electron chi connectivity index (χ1n) is 10.3. The van der Waals surface area contributed by atoms with E-state index in [1.165, 1.54) is 5.38 Å². The Bertz CT molecular complexity index is 1490.